The van der Waals surface area contributed by atoms with Crippen LogP contribution in [0.15, 0.2) is 59.5 Å². The van der Waals surface area contributed by atoms with Gasteiger partial charge in [0.05, 0.1) is 0 Å². The lowest BCUT2D eigenvalue weighted by atomic mass is 10.1. The van der Waals surface area contributed by atoms with Gasteiger partial charge in [-0.2, -0.15) is 0 Å². The predicted octanol–water partition coefficient (Wildman–Crippen LogP) is 4.03. The summed E-state index contributed by atoms with van der Waals surface area (Å²) >= 11 is 1.66. The highest BCUT2D eigenvalue weighted by Crippen LogP contribution is 2.20. The Kier molecular flexibility index (Phi) is 8.40. The van der Waals surface area contributed by atoms with Gasteiger partial charge in [0.15, 0.2) is 0 Å². The molecular formula is C22H28N2O2S. The average Bonchev–Trinajstić information content (AvgIpc) is 2.68. The van der Waals surface area contributed by atoms with Crippen molar-refractivity contribution in [1.29, 1.82) is 0 Å². The summed E-state index contributed by atoms with van der Waals surface area (Å²) in [5, 5.41) is 2.69. The number of benzene rings is 2. The van der Waals surface area contributed by atoms with E-state index in [1.807, 2.05) is 62.4 Å². The number of aryl methyl sites for hydroxylation is 1. The topological polar surface area (TPSA) is 49.4 Å². The molecule has 0 radical (unpaired) electrons. The van der Waals surface area contributed by atoms with Crippen LogP contribution >= 0.6 is 11.8 Å². The lowest BCUT2D eigenvalue weighted by Crippen LogP contribution is -2.48. The van der Waals surface area contributed by atoms with Crippen LogP contribution in [0.4, 0.5) is 0 Å². The highest BCUT2D eigenvalue weighted by Gasteiger charge is 2.27. The molecule has 2 amide bonds. The van der Waals surface area contributed by atoms with Crippen LogP contribution in [0.25, 0.3) is 0 Å². The molecule has 0 saturated carbocycles. The maximum atomic E-state index is 13.0. The van der Waals surface area contributed by atoms with Crippen molar-refractivity contribution >= 4 is 23.6 Å². The molecule has 0 fully saturated rings. The molecule has 1 atom stereocenters. The predicted molar refractivity (Wildman–Crippen MR) is 112 cm³/mol. The number of hydrogen-bond acceptors (Lipinski definition) is 3. The molecule has 27 heavy (non-hydrogen) atoms. The van der Waals surface area contributed by atoms with Crippen LogP contribution in [0.3, 0.4) is 0 Å². The molecule has 2 aromatic rings. The Labute approximate surface area is 166 Å². The minimum Gasteiger partial charge on any atom is -0.357 e. The Balaban J connectivity index is 2.09. The quantitative estimate of drug-likeness (QED) is 0.664. The van der Waals surface area contributed by atoms with Gasteiger partial charge in [0.2, 0.25) is 11.8 Å². The maximum Gasteiger partial charge on any atom is 0.242 e. The zero-order valence-corrected chi connectivity index (χ0v) is 17.1. The molecule has 0 heterocycles. The van der Waals surface area contributed by atoms with E-state index in [2.05, 4.69) is 11.4 Å². The Morgan fingerprint density at radius 1 is 1.11 bits per heavy atom. The van der Waals surface area contributed by atoms with Crippen molar-refractivity contribution in [3.05, 3.63) is 65.7 Å². The van der Waals surface area contributed by atoms with Crippen molar-refractivity contribution < 1.29 is 9.59 Å². The lowest BCUT2D eigenvalue weighted by molar-refractivity contribution is -0.140. The fourth-order valence-electron chi connectivity index (χ4n) is 3.01. The van der Waals surface area contributed by atoms with Crippen LogP contribution in [-0.4, -0.2) is 35.6 Å². The normalized spacial score (nSPS) is 11.7. The molecule has 0 aliphatic carbocycles. The first-order valence-corrected chi connectivity index (χ1v) is 10.3. The Bertz CT molecular complexity index is 749. The third kappa shape index (κ3) is 6.43. The summed E-state index contributed by atoms with van der Waals surface area (Å²) in [5.74, 6) is 0.585. The van der Waals surface area contributed by atoms with E-state index >= 15 is 0 Å². The highest BCUT2D eigenvalue weighted by molar-refractivity contribution is 7.99. The largest absolute Gasteiger partial charge is 0.357 e. The number of likely N-dealkylation sites (N-methyl/N-ethyl adjacent to an activating group) is 1. The molecule has 1 N–H and O–H groups in total. The number of rotatable bonds is 9. The van der Waals surface area contributed by atoms with Crippen LogP contribution in [0.5, 0.6) is 0 Å². The van der Waals surface area contributed by atoms with Gasteiger partial charge >= 0.3 is 0 Å². The summed E-state index contributed by atoms with van der Waals surface area (Å²) in [5.41, 5.74) is 2.19. The fraction of sp³-hybridized carbons (Fsp3) is 0.364. The highest BCUT2D eigenvalue weighted by atomic mass is 32.2. The van der Waals surface area contributed by atoms with E-state index in [1.165, 1.54) is 0 Å². The van der Waals surface area contributed by atoms with Gasteiger partial charge in [-0.1, -0.05) is 55.0 Å². The number of nitrogens with one attached hydrogen (secondary N) is 1. The van der Waals surface area contributed by atoms with Gasteiger partial charge in [0.1, 0.15) is 6.04 Å². The number of thioether (sulfide) groups is 1. The van der Waals surface area contributed by atoms with Crippen molar-refractivity contribution in [1.82, 2.24) is 10.2 Å². The molecule has 0 aliphatic heterocycles. The smallest absolute Gasteiger partial charge is 0.242 e. The summed E-state index contributed by atoms with van der Waals surface area (Å²) in [4.78, 5) is 28.2. The zero-order valence-electron chi connectivity index (χ0n) is 16.3. The second-order valence-electron chi connectivity index (χ2n) is 6.46. The van der Waals surface area contributed by atoms with Crippen LogP contribution in [-0.2, 0) is 16.1 Å². The van der Waals surface area contributed by atoms with Gasteiger partial charge in [0, 0.05) is 30.7 Å². The summed E-state index contributed by atoms with van der Waals surface area (Å²) < 4.78 is 0. The fourth-order valence-corrected chi connectivity index (χ4v) is 3.87. The van der Waals surface area contributed by atoms with E-state index in [9.17, 15) is 9.59 Å². The molecule has 4 nitrogen and oxygen atoms in total. The molecule has 144 valence electrons. The lowest BCUT2D eigenvalue weighted by Gasteiger charge is -2.30. The molecule has 0 spiro atoms. The first-order chi connectivity index (χ1) is 13.0. The van der Waals surface area contributed by atoms with Gasteiger partial charge in [-0.25, -0.2) is 0 Å². The first-order valence-electron chi connectivity index (χ1n) is 9.29. The van der Waals surface area contributed by atoms with Crippen molar-refractivity contribution in [3.63, 3.8) is 0 Å². The number of nitrogens with zero attached hydrogens (tertiary/aromatic N) is 1. The van der Waals surface area contributed by atoms with Gasteiger partial charge in [-0.3, -0.25) is 9.59 Å². The molecule has 0 aromatic heterocycles. The van der Waals surface area contributed by atoms with Crippen LogP contribution in [0.1, 0.15) is 30.9 Å². The van der Waals surface area contributed by atoms with Gasteiger partial charge in [-0.15, -0.1) is 11.8 Å². The molecule has 0 aliphatic rings. The molecule has 5 heteroatoms. The molecule has 2 rings (SSSR count). The monoisotopic (exact) mass is 384 g/mol. The van der Waals surface area contributed by atoms with Crippen molar-refractivity contribution in [2.45, 2.75) is 44.2 Å². The van der Waals surface area contributed by atoms with Crippen LogP contribution in [0, 0.1) is 6.92 Å². The second-order valence-corrected chi connectivity index (χ2v) is 7.63. The summed E-state index contributed by atoms with van der Waals surface area (Å²) in [6.07, 6.45) is 0.988. The van der Waals surface area contributed by atoms with Crippen molar-refractivity contribution in [2.24, 2.45) is 0 Å². The van der Waals surface area contributed by atoms with Crippen LogP contribution in [0.2, 0.25) is 0 Å². The van der Waals surface area contributed by atoms with Crippen molar-refractivity contribution in [3.8, 4) is 0 Å². The molecule has 0 unspecified atom stereocenters. The average molecular weight is 385 g/mol. The Hall–Kier alpha value is -2.27. The third-order valence-corrected chi connectivity index (χ3v) is 5.41. The second kappa shape index (κ2) is 10.8. The minimum absolute atomic E-state index is 0.00962. The standard InChI is InChI=1S/C22H28N2O2S/c1-4-20(22(26)23-3)24(16-18-10-8-9-17(2)15-18)21(25)13-14-27-19-11-6-5-7-12-19/h5-12,15,20H,4,13-14,16H2,1-3H3,(H,23,26)/t20-/m0/s1. The summed E-state index contributed by atoms with van der Waals surface area (Å²) in [7, 11) is 1.62. The van der Waals surface area contributed by atoms with Gasteiger partial charge < -0.3 is 10.2 Å². The van der Waals surface area contributed by atoms with Crippen LogP contribution < -0.4 is 5.32 Å². The van der Waals surface area contributed by atoms with Crippen molar-refractivity contribution in [2.75, 3.05) is 12.8 Å². The van der Waals surface area contributed by atoms with E-state index in [-0.39, 0.29) is 11.8 Å². The van der Waals surface area contributed by atoms with Gasteiger partial charge in [-0.05, 0) is 31.0 Å². The molecule has 0 saturated heterocycles. The zero-order chi connectivity index (χ0) is 19.6. The Morgan fingerprint density at radius 3 is 2.48 bits per heavy atom. The minimum atomic E-state index is -0.454. The summed E-state index contributed by atoms with van der Waals surface area (Å²) in [6, 6.07) is 17.7. The number of amides is 2. The molecule has 0 bridgehead atoms. The maximum absolute atomic E-state index is 13.0. The van der Waals surface area contributed by atoms with Gasteiger partial charge in [0.25, 0.3) is 0 Å². The Morgan fingerprint density at radius 2 is 1.85 bits per heavy atom. The summed E-state index contributed by atoms with van der Waals surface area (Å²) in [6.45, 7) is 4.42. The van der Waals surface area contributed by atoms with E-state index in [0.29, 0.717) is 25.1 Å². The number of carbonyl (C=O) groups excluding carboxylic acids is 2. The van der Waals surface area contributed by atoms with E-state index in [1.54, 1.807) is 23.7 Å². The van der Waals surface area contributed by atoms with E-state index in [4.69, 9.17) is 0 Å². The number of carbonyl (C=O) groups is 2. The molecular weight excluding hydrogens is 356 g/mol. The first kappa shape index (κ1) is 21.0. The SMILES string of the molecule is CC[C@@H](C(=O)NC)N(Cc1cccc(C)c1)C(=O)CCSc1ccccc1. The molecule has 2 aromatic carbocycles. The third-order valence-electron chi connectivity index (χ3n) is 4.40. The van der Waals surface area contributed by atoms with E-state index < -0.39 is 6.04 Å². The number of hydrogen-bond donors (Lipinski definition) is 1. The van der Waals surface area contributed by atoms with E-state index in [0.717, 1.165) is 16.0 Å².